The molecule has 1 fully saturated rings. The number of carbonyl (C=O) groups is 2. The van der Waals surface area contributed by atoms with E-state index in [0.717, 1.165) is 43.9 Å². The van der Waals surface area contributed by atoms with Crippen molar-refractivity contribution in [1.29, 1.82) is 0 Å². The maximum atomic E-state index is 11.7. The number of nitrogens with zero attached hydrogens (tertiary/aromatic N) is 3. The number of aryl methyl sites for hydroxylation is 1. The van der Waals surface area contributed by atoms with E-state index in [1.54, 1.807) is 31.3 Å². The van der Waals surface area contributed by atoms with Crippen molar-refractivity contribution in [3.8, 4) is 12.3 Å². The van der Waals surface area contributed by atoms with E-state index in [4.69, 9.17) is 6.42 Å². The van der Waals surface area contributed by atoms with E-state index in [0.29, 0.717) is 17.0 Å². The van der Waals surface area contributed by atoms with Gasteiger partial charge in [0.1, 0.15) is 11.6 Å². The van der Waals surface area contributed by atoms with E-state index in [1.807, 2.05) is 12.1 Å². The number of aromatic nitrogens is 2. The molecule has 0 saturated carbocycles. The molecule has 4 rings (SSSR count). The van der Waals surface area contributed by atoms with Crippen LogP contribution >= 0.6 is 0 Å². The molecule has 2 heterocycles. The summed E-state index contributed by atoms with van der Waals surface area (Å²) in [5, 5.41) is 2.61. The number of hydrogen-bond donors (Lipinski definition) is 1. The molecule has 1 radical (unpaired) electrons. The van der Waals surface area contributed by atoms with Crippen molar-refractivity contribution < 1.29 is 12.4 Å². The van der Waals surface area contributed by atoms with Gasteiger partial charge in [0.2, 0.25) is 5.91 Å². The Balaban J connectivity index is 0.000000478. The Bertz CT molecular complexity index is 1370. The first-order chi connectivity index (χ1) is 18.7. The van der Waals surface area contributed by atoms with Gasteiger partial charge in [-0.3, -0.25) is 9.59 Å². The molecule has 6 nitrogen and oxygen atoms in total. The van der Waals surface area contributed by atoms with Gasteiger partial charge in [-0.1, -0.05) is 37.6 Å². The lowest BCUT2D eigenvalue weighted by molar-refractivity contribution is -0.121. The molecule has 2 aromatic carbocycles. The quantitative estimate of drug-likeness (QED) is 0.290. The minimum Gasteiger partial charge on any atom is -0.372 e. The number of Topliss-reactive ketones (excluding diaryl/α,β-unsaturated/α-hetero) is 1. The molecule has 1 aromatic heterocycles. The third-order valence-corrected chi connectivity index (χ3v) is 7.03. The lowest BCUT2D eigenvalue weighted by Gasteiger charge is -2.24. The topological polar surface area (TPSA) is 75.2 Å². The minimum absolute atomic E-state index is 0. The van der Waals surface area contributed by atoms with Gasteiger partial charge in [-0.25, -0.2) is 9.97 Å². The highest BCUT2D eigenvalue weighted by atomic mass is 16.1. The Labute approximate surface area is 235 Å². The van der Waals surface area contributed by atoms with Crippen molar-refractivity contribution in [2.45, 2.75) is 46.0 Å². The van der Waals surface area contributed by atoms with Crippen molar-refractivity contribution in [3.05, 3.63) is 103 Å². The number of terminal acetylenes is 1. The van der Waals surface area contributed by atoms with E-state index >= 15 is 0 Å². The Hall–Kier alpha value is -4.24. The number of benzene rings is 2. The molecular weight excluding hydrogens is 484 g/mol. The Morgan fingerprint density at radius 2 is 1.97 bits per heavy atom. The van der Waals surface area contributed by atoms with Gasteiger partial charge in [-0.2, -0.15) is 0 Å². The van der Waals surface area contributed by atoms with Gasteiger partial charge in [-0.15, -0.1) is 6.42 Å². The second-order valence-corrected chi connectivity index (χ2v) is 9.78. The number of amides is 1. The SMILES string of the molecule is C#Cc1ccccc1NC(=O)C=C.[CH2]c1ccnc(C(C)c2ccc(N3CCCC(C(C)=O)CC3)cc2C)n1.[HH].[HH]. The van der Waals surface area contributed by atoms with Gasteiger partial charge in [0.15, 0.2) is 0 Å². The average Bonchev–Trinajstić information content (AvgIpc) is 3.20. The number of nitrogens with one attached hydrogen (secondary N) is 1. The van der Waals surface area contributed by atoms with Crippen molar-refractivity contribution in [1.82, 2.24) is 9.97 Å². The summed E-state index contributed by atoms with van der Waals surface area (Å²) in [6, 6.07) is 15.6. The van der Waals surface area contributed by atoms with Crippen molar-refractivity contribution >= 4 is 23.1 Å². The van der Waals surface area contributed by atoms with Gasteiger partial charge in [0.05, 0.1) is 5.69 Å². The Kier molecular flexibility index (Phi) is 10.6. The zero-order valence-corrected chi connectivity index (χ0v) is 23.1. The fourth-order valence-electron chi connectivity index (χ4n) is 4.77. The van der Waals surface area contributed by atoms with Crippen molar-refractivity contribution in [2.24, 2.45) is 5.92 Å². The average molecular weight is 526 g/mol. The summed E-state index contributed by atoms with van der Waals surface area (Å²) in [4.78, 5) is 33.9. The fraction of sp³-hybridized carbons (Fsp3) is 0.303. The summed E-state index contributed by atoms with van der Waals surface area (Å²) >= 11 is 0. The van der Waals surface area contributed by atoms with Crippen molar-refractivity contribution in [3.63, 3.8) is 0 Å². The number of para-hydroxylation sites is 1. The van der Waals surface area contributed by atoms with Crippen LogP contribution in [0.5, 0.6) is 0 Å². The number of hydrogen-bond acceptors (Lipinski definition) is 5. The fourth-order valence-corrected chi connectivity index (χ4v) is 4.77. The molecule has 3 aromatic rings. The van der Waals surface area contributed by atoms with Crippen LogP contribution in [0.25, 0.3) is 0 Å². The summed E-state index contributed by atoms with van der Waals surface area (Å²) in [6.07, 6.45) is 11.3. The van der Waals surface area contributed by atoms with E-state index in [1.165, 1.54) is 22.9 Å². The van der Waals surface area contributed by atoms with Gasteiger partial charge in [0, 0.05) is 50.9 Å². The lowest BCUT2D eigenvalue weighted by Crippen LogP contribution is -2.24. The maximum Gasteiger partial charge on any atom is 0.247 e. The van der Waals surface area contributed by atoms with Crippen LogP contribution in [-0.2, 0) is 9.59 Å². The highest BCUT2D eigenvalue weighted by molar-refractivity contribution is 5.99. The zero-order valence-electron chi connectivity index (χ0n) is 23.1. The molecule has 1 saturated heterocycles. The van der Waals surface area contributed by atoms with Crippen molar-refractivity contribution in [2.75, 3.05) is 23.3 Å². The van der Waals surface area contributed by atoms with E-state index < -0.39 is 0 Å². The molecule has 0 spiro atoms. The predicted molar refractivity (Wildman–Crippen MR) is 163 cm³/mol. The lowest BCUT2D eigenvalue weighted by atomic mass is 9.95. The highest BCUT2D eigenvalue weighted by Crippen LogP contribution is 2.29. The smallest absolute Gasteiger partial charge is 0.247 e. The first-order valence-electron chi connectivity index (χ1n) is 13.2. The van der Waals surface area contributed by atoms with Crippen LogP contribution in [0.15, 0.2) is 67.4 Å². The molecule has 0 aliphatic carbocycles. The molecule has 1 amide bonds. The van der Waals surface area contributed by atoms with Gasteiger partial charge >= 0.3 is 0 Å². The van der Waals surface area contributed by atoms with Crippen LogP contribution in [0.3, 0.4) is 0 Å². The molecule has 2 atom stereocenters. The second kappa shape index (κ2) is 14.1. The summed E-state index contributed by atoms with van der Waals surface area (Å²) in [6.45, 7) is 15.2. The van der Waals surface area contributed by atoms with Crippen LogP contribution in [0.4, 0.5) is 11.4 Å². The summed E-state index contributed by atoms with van der Waals surface area (Å²) in [5.74, 6) is 3.73. The number of anilines is 2. The molecule has 1 aliphatic rings. The van der Waals surface area contributed by atoms with E-state index in [9.17, 15) is 9.59 Å². The first-order valence-corrected chi connectivity index (χ1v) is 13.2. The number of rotatable bonds is 6. The molecule has 2 unspecified atom stereocenters. The summed E-state index contributed by atoms with van der Waals surface area (Å²) < 4.78 is 0. The normalized spacial score (nSPS) is 15.6. The second-order valence-electron chi connectivity index (χ2n) is 9.78. The molecule has 205 valence electrons. The largest absolute Gasteiger partial charge is 0.372 e. The predicted octanol–water partition coefficient (Wildman–Crippen LogP) is 6.60. The molecule has 39 heavy (non-hydrogen) atoms. The first kappa shape index (κ1) is 29.3. The van der Waals surface area contributed by atoms with Crippen LogP contribution in [0, 0.1) is 32.1 Å². The van der Waals surface area contributed by atoms with Crippen LogP contribution in [0.2, 0.25) is 0 Å². The maximum absolute atomic E-state index is 11.7. The zero-order chi connectivity index (χ0) is 28.4. The van der Waals surface area contributed by atoms with Crippen LogP contribution in [-0.4, -0.2) is 34.7 Å². The van der Waals surface area contributed by atoms with Gasteiger partial charge in [0.25, 0.3) is 0 Å². The summed E-state index contributed by atoms with van der Waals surface area (Å²) in [5.41, 5.74) is 5.79. The molecule has 1 N–H and O–H groups in total. The standard InChI is InChI=1S/C22H28N3O.C11H9NO.2H2/c1-15-14-20(25-12-5-6-19(10-13-25)18(4)26)7-8-21(15)17(3)22-23-11-9-16(2)24-22;1-3-9-7-5-6-8-10(9)12-11(13)4-2;;/h7-9,11,14,17,19H,2,5-6,10,12-13H2,1,3-4H3;1,4-8H,2H2,(H,12,13);2*1H. The van der Waals surface area contributed by atoms with Gasteiger partial charge in [-0.05, 0) is 87.6 Å². The van der Waals surface area contributed by atoms with Gasteiger partial charge < -0.3 is 10.2 Å². The van der Waals surface area contributed by atoms with Crippen LogP contribution in [0.1, 0.15) is 70.1 Å². The third-order valence-electron chi connectivity index (χ3n) is 7.03. The Morgan fingerprint density at radius 1 is 1.21 bits per heavy atom. The highest BCUT2D eigenvalue weighted by Gasteiger charge is 2.21. The monoisotopic (exact) mass is 525 g/mol. The summed E-state index contributed by atoms with van der Waals surface area (Å²) in [7, 11) is 0. The Morgan fingerprint density at radius 3 is 2.64 bits per heavy atom. The molecular formula is C33H41N4O2. The van der Waals surface area contributed by atoms with E-state index in [-0.39, 0.29) is 20.6 Å². The van der Waals surface area contributed by atoms with E-state index in [2.05, 4.69) is 71.7 Å². The third kappa shape index (κ3) is 8.12. The van der Waals surface area contributed by atoms with Crippen LogP contribution < -0.4 is 10.2 Å². The minimum atomic E-state index is -0.261. The number of carbonyl (C=O) groups excluding carboxylic acids is 2. The molecule has 1 aliphatic heterocycles. The number of ketones is 1. The molecule has 0 bridgehead atoms. The molecule has 6 heteroatoms.